The minimum atomic E-state index is -0.697. The number of esters is 1. The first kappa shape index (κ1) is 25.2. The third-order valence-corrected chi connectivity index (χ3v) is 6.13. The Balaban J connectivity index is 1.87. The Morgan fingerprint density at radius 2 is 1.64 bits per heavy atom. The zero-order valence-corrected chi connectivity index (χ0v) is 21.1. The SMILES string of the molecule is COC(=O)COc1cc(Cl)c([C@H]2NC(=S)NC(c3ccccc3)=C2C(=O)c2ccccc2)cc1OC. The number of methoxy groups -OCH3 is 2. The van der Waals surface area contributed by atoms with Gasteiger partial charge in [-0.25, -0.2) is 4.79 Å². The predicted molar refractivity (Wildman–Crippen MR) is 141 cm³/mol. The van der Waals surface area contributed by atoms with E-state index in [1.807, 2.05) is 48.5 Å². The van der Waals surface area contributed by atoms with Gasteiger partial charge in [-0.3, -0.25) is 4.79 Å². The van der Waals surface area contributed by atoms with Crippen LogP contribution in [0.25, 0.3) is 5.70 Å². The van der Waals surface area contributed by atoms with Crippen molar-refractivity contribution in [1.82, 2.24) is 10.6 Å². The molecule has 2 N–H and O–H groups in total. The van der Waals surface area contributed by atoms with Crippen LogP contribution >= 0.6 is 23.8 Å². The third-order valence-electron chi connectivity index (χ3n) is 5.58. The Bertz CT molecular complexity index is 1330. The van der Waals surface area contributed by atoms with Gasteiger partial charge >= 0.3 is 5.97 Å². The second-order valence-corrected chi connectivity index (χ2v) is 8.59. The largest absolute Gasteiger partial charge is 0.493 e. The van der Waals surface area contributed by atoms with Gasteiger partial charge in [0.1, 0.15) is 0 Å². The summed E-state index contributed by atoms with van der Waals surface area (Å²) in [4.78, 5) is 25.4. The van der Waals surface area contributed by atoms with E-state index in [4.69, 9.17) is 33.3 Å². The van der Waals surface area contributed by atoms with Crippen LogP contribution in [0.2, 0.25) is 5.02 Å². The highest BCUT2D eigenvalue weighted by Crippen LogP contribution is 2.41. The van der Waals surface area contributed by atoms with Crippen LogP contribution in [0.1, 0.15) is 27.5 Å². The molecule has 1 heterocycles. The van der Waals surface area contributed by atoms with Gasteiger partial charge in [0, 0.05) is 17.2 Å². The highest BCUT2D eigenvalue weighted by Gasteiger charge is 2.34. The van der Waals surface area contributed by atoms with E-state index in [0.29, 0.717) is 38.3 Å². The molecule has 9 heteroatoms. The molecular weight excluding hydrogens is 500 g/mol. The van der Waals surface area contributed by atoms with Crippen molar-refractivity contribution in [3.63, 3.8) is 0 Å². The molecule has 0 saturated heterocycles. The number of nitrogens with one attached hydrogen (secondary N) is 2. The molecule has 7 nitrogen and oxygen atoms in total. The van der Waals surface area contributed by atoms with E-state index in [2.05, 4.69) is 15.4 Å². The fourth-order valence-electron chi connectivity index (χ4n) is 3.86. The van der Waals surface area contributed by atoms with E-state index in [0.717, 1.165) is 5.56 Å². The van der Waals surface area contributed by atoms with E-state index in [1.165, 1.54) is 20.3 Å². The van der Waals surface area contributed by atoms with Gasteiger partial charge in [0.05, 0.1) is 36.6 Å². The molecule has 0 fully saturated rings. The summed E-state index contributed by atoms with van der Waals surface area (Å²) in [6, 6.07) is 21.0. The maximum absolute atomic E-state index is 13.9. The minimum absolute atomic E-state index is 0.192. The number of rotatable bonds is 8. The molecule has 0 aromatic heterocycles. The molecule has 0 bridgehead atoms. The van der Waals surface area contributed by atoms with Gasteiger partial charge in [-0.1, -0.05) is 72.3 Å². The van der Waals surface area contributed by atoms with Crippen molar-refractivity contribution in [1.29, 1.82) is 0 Å². The number of ether oxygens (including phenoxy) is 3. The second kappa shape index (κ2) is 11.2. The molecular formula is C27H23ClN2O5S. The van der Waals surface area contributed by atoms with Crippen molar-refractivity contribution >= 4 is 46.4 Å². The van der Waals surface area contributed by atoms with Gasteiger partial charge < -0.3 is 24.8 Å². The highest BCUT2D eigenvalue weighted by molar-refractivity contribution is 7.80. The Morgan fingerprint density at radius 3 is 2.28 bits per heavy atom. The maximum atomic E-state index is 13.9. The number of Topliss-reactive ketones (excluding diaryl/α,β-unsaturated/α-hetero) is 1. The van der Waals surface area contributed by atoms with Crippen LogP contribution in [0.3, 0.4) is 0 Å². The first-order valence-electron chi connectivity index (χ1n) is 11.0. The Labute approximate surface area is 219 Å². The van der Waals surface area contributed by atoms with Gasteiger partial charge in [0.2, 0.25) is 0 Å². The molecule has 3 aromatic carbocycles. The minimum Gasteiger partial charge on any atom is -0.493 e. The number of thiocarbonyl (C=S) groups is 1. The molecule has 1 aliphatic heterocycles. The van der Waals surface area contributed by atoms with Crippen LogP contribution in [0, 0.1) is 0 Å². The summed E-state index contributed by atoms with van der Waals surface area (Å²) in [5.41, 5.74) is 2.89. The summed E-state index contributed by atoms with van der Waals surface area (Å²) in [6.45, 7) is -0.311. The number of benzene rings is 3. The monoisotopic (exact) mass is 522 g/mol. The summed E-state index contributed by atoms with van der Waals surface area (Å²) in [5, 5.41) is 6.98. The molecule has 3 aromatic rings. The Morgan fingerprint density at radius 1 is 0.972 bits per heavy atom. The van der Waals surface area contributed by atoms with Gasteiger partial charge in [0.15, 0.2) is 29.0 Å². The summed E-state index contributed by atoms with van der Waals surface area (Å²) >= 11 is 12.2. The number of ketones is 1. The molecule has 184 valence electrons. The number of hydrogen-bond donors (Lipinski definition) is 2. The topological polar surface area (TPSA) is 85.9 Å². The average Bonchev–Trinajstić information content (AvgIpc) is 2.91. The lowest BCUT2D eigenvalue weighted by atomic mass is 9.87. The summed E-state index contributed by atoms with van der Waals surface area (Å²) in [6.07, 6.45) is 0. The first-order chi connectivity index (χ1) is 17.4. The summed E-state index contributed by atoms with van der Waals surface area (Å²) < 4.78 is 15.7. The van der Waals surface area contributed by atoms with Crippen LogP contribution < -0.4 is 20.1 Å². The van der Waals surface area contributed by atoms with E-state index in [9.17, 15) is 9.59 Å². The van der Waals surface area contributed by atoms with Crippen molar-refractivity contribution in [3.05, 3.63) is 100 Å². The Kier molecular flexibility index (Phi) is 7.87. The van der Waals surface area contributed by atoms with E-state index in [1.54, 1.807) is 18.2 Å². The fraction of sp³-hybridized carbons (Fsp3) is 0.148. The molecule has 0 amide bonds. The molecule has 1 aliphatic rings. The highest BCUT2D eigenvalue weighted by atomic mass is 35.5. The van der Waals surface area contributed by atoms with Gasteiger partial charge in [-0.2, -0.15) is 0 Å². The van der Waals surface area contributed by atoms with Crippen LogP contribution in [-0.4, -0.2) is 37.7 Å². The second-order valence-electron chi connectivity index (χ2n) is 7.77. The average molecular weight is 523 g/mol. The molecule has 0 unspecified atom stereocenters. The Hall–Kier alpha value is -3.88. The van der Waals surface area contributed by atoms with E-state index >= 15 is 0 Å². The lowest BCUT2D eigenvalue weighted by Gasteiger charge is -2.32. The molecule has 0 saturated carbocycles. The molecule has 1 atom stereocenters. The number of hydrogen-bond acceptors (Lipinski definition) is 6. The van der Waals surface area contributed by atoms with Crippen LogP contribution in [0.15, 0.2) is 78.4 Å². The fourth-order valence-corrected chi connectivity index (χ4v) is 4.34. The summed E-state index contributed by atoms with van der Waals surface area (Å²) in [5.74, 6) is -0.148. The van der Waals surface area contributed by atoms with Crippen LogP contribution in [0.5, 0.6) is 11.5 Å². The zero-order chi connectivity index (χ0) is 25.7. The van der Waals surface area contributed by atoms with Gasteiger partial charge in [0.25, 0.3) is 0 Å². The van der Waals surface area contributed by atoms with Crippen molar-refractivity contribution in [2.75, 3.05) is 20.8 Å². The third kappa shape index (κ3) is 5.35. The normalized spacial score (nSPS) is 15.0. The van der Waals surface area contributed by atoms with Crippen LogP contribution in [0.4, 0.5) is 0 Å². The number of carbonyl (C=O) groups excluding carboxylic acids is 2. The van der Waals surface area contributed by atoms with Crippen molar-refractivity contribution in [2.24, 2.45) is 0 Å². The van der Waals surface area contributed by atoms with Gasteiger partial charge in [-0.15, -0.1) is 0 Å². The van der Waals surface area contributed by atoms with Gasteiger partial charge in [-0.05, 0) is 23.8 Å². The quantitative estimate of drug-likeness (QED) is 0.250. The molecule has 0 radical (unpaired) electrons. The molecule has 0 aliphatic carbocycles. The molecule has 36 heavy (non-hydrogen) atoms. The number of carbonyl (C=O) groups is 2. The van der Waals surface area contributed by atoms with Crippen molar-refractivity contribution in [2.45, 2.75) is 6.04 Å². The zero-order valence-electron chi connectivity index (χ0n) is 19.5. The van der Waals surface area contributed by atoms with E-state index < -0.39 is 12.0 Å². The molecule has 4 rings (SSSR count). The smallest absolute Gasteiger partial charge is 0.343 e. The van der Waals surface area contributed by atoms with E-state index in [-0.39, 0.29) is 18.1 Å². The van der Waals surface area contributed by atoms with Crippen molar-refractivity contribution in [3.8, 4) is 11.5 Å². The molecule has 0 spiro atoms. The lowest BCUT2D eigenvalue weighted by molar-refractivity contribution is -0.142. The lowest BCUT2D eigenvalue weighted by Crippen LogP contribution is -2.45. The van der Waals surface area contributed by atoms with Crippen molar-refractivity contribution < 1.29 is 23.8 Å². The first-order valence-corrected chi connectivity index (χ1v) is 11.8. The summed E-state index contributed by atoms with van der Waals surface area (Å²) in [7, 11) is 2.74. The standard InChI is InChI=1S/C27H23ClN2O5S/c1-33-20-13-18(19(28)14-21(20)35-15-22(31)34-2)25-23(26(32)17-11-7-4-8-12-17)24(29-27(36)30-25)16-9-5-3-6-10-16/h3-14,25H,15H2,1-2H3,(H2,29,30,36)/t25-/m1/s1. The van der Waals surface area contributed by atoms with Crippen LogP contribution in [-0.2, 0) is 9.53 Å². The predicted octanol–water partition coefficient (Wildman–Crippen LogP) is 4.71. The number of halogens is 1. The maximum Gasteiger partial charge on any atom is 0.343 e.